The molecule has 2 aliphatic carbocycles. The molecule has 0 N–H and O–H groups in total. The lowest BCUT2D eigenvalue weighted by molar-refractivity contribution is -0.131. The number of likely N-dealkylation sites (tertiary alicyclic amines) is 1. The number of halogens is 1. The minimum absolute atomic E-state index is 0.00244. The van der Waals surface area contributed by atoms with Crippen molar-refractivity contribution < 1.29 is 13.9 Å². The van der Waals surface area contributed by atoms with E-state index >= 15 is 0 Å². The van der Waals surface area contributed by atoms with Crippen LogP contribution in [0, 0.1) is 11.3 Å². The molecule has 2 aliphatic heterocycles. The summed E-state index contributed by atoms with van der Waals surface area (Å²) in [4.78, 5) is 28.3. The number of likely N-dealkylation sites (N-methyl/N-ethyl adjacent to an activating group) is 1. The fraction of sp³-hybridized carbons (Fsp3) is 0.533. The highest BCUT2D eigenvalue weighted by atomic mass is 19.1. The summed E-state index contributed by atoms with van der Waals surface area (Å²) in [6.45, 7) is 5.97. The van der Waals surface area contributed by atoms with Gasteiger partial charge < -0.3 is 19.4 Å². The van der Waals surface area contributed by atoms with Crippen molar-refractivity contribution in [3.8, 4) is 12.1 Å². The Bertz CT molecular complexity index is 1340. The van der Waals surface area contributed by atoms with Gasteiger partial charge in [0.05, 0.1) is 24.2 Å². The van der Waals surface area contributed by atoms with Gasteiger partial charge in [-0.15, -0.1) is 0 Å². The summed E-state index contributed by atoms with van der Waals surface area (Å²) in [7, 11) is 2.12. The molecule has 6 rings (SSSR count). The fourth-order valence-corrected chi connectivity index (χ4v) is 7.11. The molecule has 0 saturated carbocycles. The second-order valence-electron chi connectivity index (χ2n) is 11.5. The van der Waals surface area contributed by atoms with E-state index in [1.807, 2.05) is 0 Å². The summed E-state index contributed by atoms with van der Waals surface area (Å²) in [5.41, 5.74) is 4.97. The maximum Gasteiger partial charge on any atom is 0.318 e. The smallest absolute Gasteiger partial charge is 0.318 e. The van der Waals surface area contributed by atoms with E-state index in [1.54, 1.807) is 0 Å². The van der Waals surface area contributed by atoms with Crippen molar-refractivity contribution in [2.45, 2.75) is 62.4 Å². The van der Waals surface area contributed by atoms with E-state index < -0.39 is 17.8 Å². The minimum atomic E-state index is -0.997. The van der Waals surface area contributed by atoms with Crippen LogP contribution >= 0.6 is 0 Å². The van der Waals surface area contributed by atoms with Crippen LogP contribution in [0.1, 0.15) is 48.1 Å². The van der Waals surface area contributed by atoms with Gasteiger partial charge in [-0.3, -0.25) is 4.79 Å². The quantitative estimate of drug-likeness (QED) is 0.530. The van der Waals surface area contributed by atoms with Crippen molar-refractivity contribution in [1.82, 2.24) is 19.8 Å². The molecule has 2 fully saturated rings. The van der Waals surface area contributed by atoms with Gasteiger partial charge in [-0.25, -0.2) is 4.39 Å². The number of nitrogens with zero attached hydrogens (tertiary/aromatic N) is 6. The summed E-state index contributed by atoms with van der Waals surface area (Å²) in [5.74, 6) is -0.914. The minimum Gasteiger partial charge on any atom is -0.462 e. The Hall–Kier alpha value is -3.51. The van der Waals surface area contributed by atoms with E-state index in [1.165, 1.54) is 16.0 Å². The molecule has 1 aromatic carbocycles. The molecule has 2 saturated heterocycles. The highest BCUT2D eigenvalue weighted by molar-refractivity contribution is 5.91. The zero-order valence-corrected chi connectivity index (χ0v) is 22.5. The second kappa shape index (κ2) is 10.2. The maximum absolute atomic E-state index is 13.8. The van der Waals surface area contributed by atoms with Crippen molar-refractivity contribution in [2.24, 2.45) is 0 Å². The van der Waals surface area contributed by atoms with Gasteiger partial charge in [-0.2, -0.15) is 15.2 Å². The molecule has 2 aromatic rings. The Morgan fingerprint density at radius 3 is 2.85 bits per heavy atom. The first-order valence-corrected chi connectivity index (χ1v) is 14.0. The number of ether oxygens (including phenoxy) is 1. The summed E-state index contributed by atoms with van der Waals surface area (Å²) < 4.78 is 20.0. The number of carbonyl (C=O) groups is 1. The Labute approximate surface area is 229 Å². The average Bonchev–Trinajstić information content (AvgIpc) is 3.63. The van der Waals surface area contributed by atoms with Crippen molar-refractivity contribution in [3.05, 3.63) is 59.1 Å². The first kappa shape index (κ1) is 25.8. The zero-order valence-electron chi connectivity index (χ0n) is 22.5. The molecule has 3 heterocycles. The zero-order chi connectivity index (χ0) is 27.1. The van der Waals surface area contributed by atoms with Crippen LogP contribution < -0.4 is 9.64 Å². The molecule has 204 valence electrons. The number of benzene rings is 1. The lowest BCUT2D eigenvalue weighted by Crippen LogP contribution is -2.55. The van der Waals surface area contributed by atoms with Crippen LogP contribution in [0.4, 0.5) is 10.2 Å². The Kier molecular flexibility index (Phi) is 6.76. The number of nitriles is 1. The van der Waals surface area contributed by atoms with E-state index in [9.17, 15) is 14.4 Å². The molecule has 1 unspecified atom stereocenters. The number of hydrogen-bond donors (Lipinski definition) is 0. The van der Waals surface area contributed by atoms with Crippen LogP contribution in [0.3, 0.4) is 0 Å². The first-order valence-electron chi connectivity index (χ1n) is 14.0. The number of anilines is 1. The molecule has 8 nitrogen and oxygen atoms in total. The number of piperazine rings is 1. The van der Waals surface area contributed by atoms with Crippen molar-refractivity contribution >= 4 is 11.7 Å². The third-order valence-corrected chi connectivity index (χ3v) is 9.21. The molecule has 1 spiro atoms. The third kappa shape index (κ3) is 4.65. The number of carbonyl (C=O) groups excluding carboxylic acids is 1. The lowest BCUT2D eigenvalue weighted by Gasteiger charge is -2.41. The van der Waals surface area contributed by atoms with Crippen LogP contribution in [-0.4, -0.2) is 77.6 Å². The van der Waals surface area contributed by atoms with Crippen LogP contribution in [0.5, 0.6) is 6.01 Å². The number of aryl methyl sites for hydroxylation is 1. The number of rotatable bonds is 6. The predicted molar refractivity (Wildman–Crippen MR) is 145 cm³/mol. The Morgan fingerprint density at radius 1 is 1.23 bits per heavy atom. The average molecular weight is 531 g/mol. The van der Waals surface area contributed by atoms with Gasteiger partial charge in [0.2, 0.25) is 0 Å². The normalized spacial score (nSPS) is 26.0. The van der Waals surface area contributed by atoms with Crippen LogP contribution in [0.25, 0.3) is 0 Å². The molecule has 4 aliphatic rings. The van der Waals surface area contributed by atoms with E-state index in [0.717, 1.165) is 62.1 Å². The topological polar surface area (TPSA) is 85.6 Å². The molecule has 39 heavy (non-hydrogen) atoms. The standard InChI is InChI=1S/C30H35FN6O2/c1-20(31)28(38)37-15-14-36(18-22(37)10-12-32)27-24-16-30(11-9-21-6-3-4-8-25(21)30)17-26(24)33-29(34-27)39-19-23-7-5-13-35(23)2/h3-4,6,8,22-23H,1,5,7,9-11,13-19H2,2H3/t22-,23-,30?/m0/s1. The van der Waals surface area contributed by atoms with Gasteiger partial charge in [-0.05, 0) is 56.8 Å². The molecule has 1 aromatic heterocycles. The number of amides is 1. The van der Waals surface area contributed by atoms with Gasteiger partial charge >= 0.3 is 6.01 Å². The summed E-state index contributed by atoms with van der Waals surface area (Å²) in [6.07, 6.45) is 6.19. The number of aromatic nitrogens is 2. The molecular formula is C30H35FN6O2. The summed E-state index contributed by atoms with van der Waals surface area (Å²) in [5, 5.41) is 9.47. The Balaban J connectivity index is 1.33. The molecule has 1 amide bonds. The van der Waals surface area contributed by atoms with Crippen molar-refractivity contribution in [1.29, 1.82) is 5.26 Å². The predicted octanol–water partition coefficient (Wildman–Crippen LogP) is 3.35. The summed E-state index contributed by atoms with van der Waals surface area (Å²) in [6, 6.07) is 11.2. The molecular weight excluding hydrogens is 495 g/mol. The van der Waals surface area contributed by atoms with Crippen LogP contribution in [0.15, 0.2) is 36.7 Å². The highest BCUT2D eigenvalue weighted by Crippen LogP contribution is 2.50. The van der Waals surface area contributed by atoms with E-state index in [0.29, 0.717) is 38.3 Å². The van der Waals surface area contributed by atoms with Gasteiger partial charge in [0, 0.05) is 43.1 Å². The third-order valence-electron chi connectivity index (χ3n) is 9.21. The molecule has 0 radical (unpaired) electrons. The molecule has 3 atom stereocenters. The number of fused-ring (bicyclic) bond motifs is 3. The lowest BCUT2D eigenvalue weighted by atomic mass is 9.79. The van der Waals surface area contributed by atoms with Gasteiger partial charge in [0.25, 0.3) is 5.91 Å². The van der Waals surface area contributed by atoms with E-state index in [-0.39, 0.29) is 11.8 Å². The first-order chi connectivity index (χ1) is 18.9. The SMILES string of the molecule is C=C(F)C(=O)N1CCN(c2nc(OC[C@@H]3CCCN3C)nc3c2CC2(CCc4ccccc42)C3)C[C@@H]1CC#N. The Morgan fingerprint density at radius 2 is 2.08 bits per heavy atom. The highest BCUT2D eigenvalue weighted by Gasteiger charge is 2.46. The van der Waals surface area contributed by atoms with Gasteiger partial charge in [-0.1, -0.05) is 30.8 Å². The van der Waals surface area contributed by atoms with Gasteiger partial charge in [0.15, 0.2) is 5.83 Å². The maximum atomic E-state index is 13.8. The summed E-state index contributed by atoms with van der Waals surface area (Å²) >= 11 is 0. The van der Waals surface area contributed by atoms with E-state index in [2.05, 4.69) is 53.8 Å². The fourth-order valence-electron chi connectivity index (χ4n) is 7.11. The molecule has 9 heteroatoms. The van der Waals surface area contributed by atoms with Crippen LogP contribution in [0.2, 0.25) is 0 Å². The number of hydrogen-bond acceptors (Lipinski definition) is 7. The van der Waals surface area contributed by atoms with Crippen LogP contribution in [-0.2, 0) is 29.5 Å². The largest absolute Gasteiger partial charge is 0.462 e. The van der Waals surface area contributed by atoms with E-state index in [4.69, 9.17) is 14.7 Å². The monoisotopic (exact) mass is 530 g/mol. The molecule has 0 bridgehead atoms. The second-order valence-corrected chi connectivity index (χ2v) is 11.5. The van der Waals surface area contributed by atoms with Crippen molar-refractivity contribution in [3.63, 3.8) is 0 Å². The van der Waals surface area contributed by atoms with Crippen molar-refractivity contribution in [2.75, 3.05) is 44.7 Å². The van der Waals surface area contributed by atoms with Gasteiger partial charge in [0.1, 0.15) is 12.4 Å².